The Bertz CT molecular complexity index is 849. The first-order valence-electron chi connectivity index (χ1n) is 7.32. The molecule has 23 heavy (non-hydrogen) atoms. The maximum atomic E-state index is 12.4. The van der Waals surface area contributed by atoms with E-state index >= 15 is 0 Å². The highest BCUT2D eigenvalue weighted by Crippen LogP contribution is 2.25. The summed E-state index contributed by atoms with van der Waals surface area (Å²) in [5, 5.41) is 3.76. The molecule has 0 saturated carbocycles. The Morgan fingerprint density at radius 3 is 2.91 bits per heavy atom. The Labute approximate surface area is 130 Å². The first-order valence-corrected chi connectivity index (χ1v) is 7.32. The molecule has 9 nitrogen and oxygen atoms in total. The van der Waals surface area contributed by atoms with Gasteiger partial charge in [-0.15, -0.1) is 0 Å². The van der Waals surface area contributed by atoms with Crippen LogP contribution in [0.2, 0.25) is 0 Å². The van der Waals surface area contributed by atoms with Crippen molar-refractivity contribution in [1.82, 2.24) is 24.6 Å². The van der Waals surface area contributed by atoms with E-state index in [1.165, 1.54) is 10.8 Å². The number of amides is 1. The molecular formula is C14H17N5O4. The molecule has 3 rings (SSSR count). The van der Waals surface area contributed by atoms with E-state index in [2.05, 4.69) is 15.1 Å². The highest BCUT2D eigenvalue weighted by molar-refractivity contribution is 5.76. The quantitative estimate of drug-likeness (QED) is 0.820. The predicted octanol–water partition coefficient (Wildman–Crippen LogP) is -0.447. The number of carbonyl (C=O) groups excluding carboxylic acids is 1. The second-order valence-electron chi connectivity index (χ2n) is 5.70. The fraction of sp³-hybridized carbons (Fsp3) is 0.500. The number of nitrogens with one attached hydrogen (secondary N) is 1. The number of aryl methyl sites for hydroxylation is 2. The number of rotatable bonds is 3. The van der Waals surface area contributed by atoms with E-state index in [-0.39, 0.29) is 18.4 Å². The SMILES string of the molecule is Cc1noc(C2CCN(C(=O)Cn3cc(C)c(=O)[nH]c3=O)C2)n1. The highest BCUT2D eigenvalue weighted by Gasteiger charge is 2.30. The molecule has 3 heterocycles. The van der Waals surface area contributed by atoms with Crippen molar-refractivity contribution >= 4 is 5.91 Å². The third-order valence-electron chi connectivity index (χ3n) is 3.93. The molecule has 0 spiro atoms. The van der Waals surface area contributed by atoms with Gasteiger partial charge in [-0.1, -0.05) is 5.16 Å². The van der Waals surface area contributed by atoms with Crippen LogP contribution in [0.1, 0.15) is 29.6 Å². The van der Waals surface area contributed by atoms with Crippen LogP contribution in [0.15, 0.2) is 20.3 Å². The number of likely N-dealkylation sites (tertiary alicyclic amines) is 1. The molecule has 0 radical (unpaired) electrons. The minimum Gasteiger partial charge on any atom is -0.340 e. The first-order chi connectivity index (χ1) is 10.9. The predicted molar refractivity (Wildman–Crippen MR) is 79.0 cm³/mol. The summed E-state index contributed by atoms with van der Waals surface area (Å²) in [6.45, 7) is 4.28. The van der Waals surface area contributed by atoms with E-state index in [9.17, 15) is 14.4 Å². The summed E-state index contributed by atoms with van der Waals surface area (Å²) in [7, 11) is 0. The lowest BCUT2D eigenvalue weighted by molar-refractivity contribution is -0.130. The molecule has 1 aliphatic rings. The van der Waals surface area contributed by atoms with Gasteiger partial charge in [0.25, 0.3) is 5.56 Å². The Morgan fingerprint density at radius 2 is 2.22 bits per heavy atom. The van der Waals surface area contributed by atoms with Crippen LogP contribution in [0.3, 0.4) is 0 Å². The van der Waals surface area contributed by atoms with Crippen LogP contribution >= 0.6 is 0 Å². The molecule has 9 heteroatoms. The topological polar surface area (TPSA) is 114 Å². The van der Waals surface area contributed by atoms with Crippen LogP contribution in [0.25, 0.3) is 0 Å². The van der Waals surface area contributed by atoms with Crippen molar-refractivity contribution in [3.8, 4) is 0 Å². The van der Waals surface area contributed by atoms with Gasteiger partial charge in [0.2, 0.25) is 11.8 Å². The number of carbonyl (C=O) groups is 1. The maximum Gasteiger partial charge on any atom is 0.328 e. The molecule has 1 fully saturated rings. The zero-order valence-electron chi connectivity index (χ0n) is 12.9. The van der Waals surface area contributed by atoms with E-state index in [0.29, 0.717) is 30.4 Å². The highest BCUT2D eigenvalue weighted by atomic mass is 16.5. The van der Waals surface area contributed by atoms with Gasteiger partial charge >= 0.3 is 5.69 Å². The monoisotopic (exact) mass is 319 g/mol. The van der Waals surface area contributed by atoms with Crippen molar-refractivity contribution in [2.45, 2.75) is 32.7 Å². The molecule has 1 amide bonds. The standard InChI is InChI=1S/C14H17N5O4/c1-8-5-19(14(22)16-12(8)21)7-11(20)18-4-3-10(6-18)13-15-9(2)17-23-13/h5,10H,3-4,6-7H2,1-2H3,(H,16,21,22). The van der Waals surface area contributed by atoms with Crippen molar-refractivity contribution in [2.24, 2.45) is 0 Å². The van der Waals surface area contributed by atoms with E-state index in [4.69, 9.17) is 4.52 Å². The van der Waals surface area contributed by atoms with Gasteiger partial charge in [-0.25, -0.2) is 4.79 Å². The van der Waals surface area contributed by atoms with Gasteiger partial charge in [0.15, 0.2) is 5.82 Å². The third-order valence-corrected chi connectivity index (χ3v) is 3.93. The second-order valence-corrected chi connectivity index (χ2v) is 5.70. The Kier molecular flexibility index (Phi) is 3.85. The zero-order valence-corrected chi connectivity index (χ0v) is 12.9. The number of hydrogen-bond donors (Lipinski definition) is 1. The van der Waals surface area contributed by atoms with Gasteiger partial charge in [0.1, 0.15) is 6.54 Å². The summed E-state index contributed by atoms with van der Waals surface area (Å²) in [5.41, 5.74) is -0.637. The van der Waals surface area contributed by atoms with Gasteiger partial charge in [0, 0.05) is 24.8 Å². The van der Waals surface area contributed by atoms with E-state index in [1.54, 1.807) is 18.7 Å². The molecular weight excluding hydrogens is 302 g/mol. The first kappa shape index (κ1) is 15.2. The fourth-order valence-electron chi connectivity index (χ4n) is 2.65. The van der Waals surface area contributed by atoms with Crippen LogP contribution in [0.4, 0.5) is 0 Å². The van der Waals surface area contributed by atoms with Crippen molar-refractivity contribution in [3.63, 3.8) is 0 Å². The van der Waals surface area contributed by atoms with Crippen LogP contribution in [0.5, 0.6) is 0 Å². The normalized spacial score (nSPS) is 17.7. The van der Waals surface area contributed by atoms with Crippen molar-refractivity contribution < 1.29 is 9.32 Å². The summed E-state index contributed by atoms with van der Waals surface area (Å²) >= 11 is 0. The number of aromatic amines is 1. The smallest absolute Gasteiger partial charge is 0.328 e. The minimum absolute atomic E-state index is 0.0224. The lowest BCUT2D eigenvalue weighted by atomic mass is 10.1. The van der Waals surface area contributed by atoms with E-state index in [1.807, 2.05) is 0 Å². The number of H-pyrrole nitrogens is 1. The number of hydrogen-bond acceptors (Lipinski definition) is 6. The second kappa shape index (κ2) is 5.82. The average molecular weight is 319 g/mol. The van der Waals surface area contributed by atoms with Crippen molar-refractivity contribution in [3.05, 3.63) is 44.3 Å². The largest absolute Gasteiger partial charge is 0.340 e. The van der Waals surface area contributed by atoms with Crippen LogP contribution in [0, 0.1) is 13.8 Å². The summed E-state index contributed by atoms with van der Waals surface area (Å²) < 4.78 is 6.36. The number of nitrogens with zero attached hydrogens (tertiary/aromatic N) is 4. The molecule has 1 unspecified atom stereocenters. The molecule has 0 bridgehead atoms. The van der Waals surface area contributed by atoms with Crippen LogP contribution < -0.4 is 11.2 Å². The molecule has 1 saturated heterocycles. The van der Waals surface area contributed by atoms with Gasteiger partial charge in [-0.05, 0) is 20.3 Å². The summed E-state index contributed by atoms with van der Waals surface area (Å²) in [6.07, 6.45) is 2.14. The van der Waals surface area contributed by atoms with Gasteiger partial charge < -0.3 is 9.42 Å². The molecule has 2 aromatic rings. The molecule has 1 aliphatic heterocycles. The summed E-state index contributed by atoms with van der Waals surface area (Å²) in [4.78, 5) is 43.5. The maximum absolute atomic E-state index is 12.4. The Hall–Kier alpha value is -2.71. The zero-order chi connectivity index (χ0) is 16.6. The van der Waals surface area contributed by atoms with Crippen LogP contribution in [-0.4, -0.2) is 43.6 Å². The molecule has 1 atom stereocenters. The lowest BCUT2D eigenvalue weighted by Gasteiger charge is -2.16. The molecule has 0 aliphatic carbocycles. The number of aromatic nitrogens is 4. The molecule has 0 aromatic carbocycles. The summed E-state index contributed by atoms with van der Waals surface area (Å²) in [5.74, 6) is 0.946. The average Bonchev–Trinajstić information content (AvgIpc) is 3.13. The molecule has 2 aromatic heterocycles. The lowest BCUT2D eigenvalue weighted by Crippen LogP contribution is -2.38. The van der Waals surface area contributed by atoms with Gasteiger partial charge in [0.05, 0.1) is 5.92 Å². The van der Waals surface area contributed by atoms with E-state index in [0.717, 1.165) is 6.42 Å². The Morgan fingerprint density at radius 1 is 1.43 bits per heavy atom. The van der Waals surface area contributed by atoms with Gasteiger partial charge in [-0.2, -0.15) is 4.98 Å². The molecule has 1 N–H and O–H groups in total. The van der Waals surface area contributed by atoms with E-state index < -0.39 is 11.2 Å². The van der Waals surface area contributed by atoms with Crippen molar-refractivity contribution in [1.29, 1.82) is 0 Å². The third kappa shape index (κ3) is 3.08. The molecule has 122 valence electrons. The minimum atomic E-state index is -0.586. The van der Waals surface area contributed by atoms with Gasteiger partial charge in [-0.3, -0.25) is 19.1 Å². The Balaban J connectivity index is 1.69. The van der Waals surface area contributed by atoms with Crippen molar-refractivity contribution in [2.75, 3.05) is 13.1 Å². The van der Waals surface area contributed by atoms with Crippen LogP contribution in [-0.2, 0) is 11.3 Å². The summed E-state index contributed by atoms with van der Waals surface area (Å²) in [6, 6.07) is 0. The fourth-order valence-corrected chi connectivity index (χ4v) is 2.65.